The molecule has 0 saturated heterocycles. The van der Waals surface area contributed by atoms with Crippen molar-refractivity contribution in [3.8, 4) is 0 Å². The zero-order valence-corrected chi connectivity index (χ0v) is 39.5. The molecule has 0 saturated carbocycles. The summed E-state index contributed by atoms with van der Waals surface area (Å²) in [5, 5.41) is 33.4. The summed E-state index contributed by atoms with van der Waals surface area (Å²) in [4.78, 5) is 12.5. The van der Waals surface area contributed by atoms with Crippen molar-refractivity contribution in [2.75, 3.05) is 6.61 Å². The predicted molar refractivity (Wildman–Crippen MR) is 255 cm³/mol. The molecule has 0 aromatic rings. The fourth-order valence-electron chi connectivity index (χ4n) is 8.52. The van der Waals surface area contributed by atoms with E-state index in [9.17, 15) is 20.1 Å². The van der Waals surface area contributed by atoms with Gasteiger partial charge in [0.05, 0.1) is 31.3 Å². The molecular formula is C53H105NO4. The Labute approximate surface area is 363 Å². The Morgan fingerprint density at radius 1 is 0.431 bits per heavy atom. The fraction of sp³-hybridized carbons (Fsp3) is 0.943. The fourth-order valence-corrected chi connectivity index (χ4v) is 8.52. The first-order valence-electron chi connectivity index (χ1n) is 26.5. The summed E-state index contributed by atoms with van der Waals surface area (Å²) < 4.78 is 0. The summed E-state index contributed by atoms with van der Waals surface area (Å²) in [7, 11) is 0. The summed E-state index contributed by atoms with van der Waals surface area (Å²) in [6.45, 7) is 4.25. The lowest BCUT2D eigenvalue weighted by Crippen LogP contribution is -2.45. The Morgan fingerprint density at radius 3 is 1.00 bits per heavy atom. The van der Waals surface area contributed by atoms with Crippen molar-refractivity contribution in [3.63, 3.8) is 0 Å². The quantitative estimate of drug-likeness (QED) is 0.0364. The number of carbonyl (C=O) groups excluding carboxylic acids is 1. The molecule has 0 aromatic heterocycles. The van der Waals surface area contributed by atoms with Crippen LogP contribution in [0.25, 0.3) is 0 Å². The van der Waals surface area contributed by atoms with Crippen LogP contribution >= 0.6 is 0 Å². The van der Waals surface area contributed by atoms with Gasteiger partial charge in [-0.25, -0.2) is 0 Å². The van der Waals surface area contributed by atoms with Crippen LogP contribution in [-0.2, 0) is 4.79 Å². The van der Waals surface area contributed by atoms with E-state index >= 15 is 0 Å². The van der Waals surface area contributed by atoms with Crippen LogP contribution in [0.1, 0.15) is 296 Å². The van der Waals surface area contributed by atoms with E-state index in [4.69, 9.17) is 0 Å². The van der Waals surface area contributed by atoms with Gasteiger partial charge in [0, 0.05) is 0 Å². The van der Waals surface area contributed by atoms with Gasteiger partial charge in [-0.05, 0) is 19.3 Å². The van der Waals surface area contributed by atoms with Gasteiger partial charge < -0.3 is 20.6 Å². The van der Waals surface area contributed by atoms with Gasteiger partial charge in [0.1, 0.15) is 0 Å². The van der Waals surface area contributed by atoms with Crippen LogP contribution < -0.4 is 5.32 Å². The Hall–Kier alpha value is -0.910. The van der Waals surface area contributed by atoms with Gasteiger partial charge in [-0.1, -0.05) is 283 Å². The number of carbonyl (C=O) groups is 1. The van der Waals surface area contributed by atoms with E-state index < -0.39 is 18.2 Å². The molecule has 0 rings (SSSR count). The molecule has 3 atom stereocenters. The Morgan fingerprint density at radius 2 is 0.707 bits per heavy atom. The Bertz CT molecular complexity index is 818. The molecule has 0 aliphatic carbocycles. The lowest BCUT2D eigenvalue weighted by molar-refractivity contribution is -0.124. The summed E-state index contributed by atoms with van der Waals surface area (Å²) >= 11 is 0. The number of amides is 1. The largest absolute Gasteiger partial charge is 0.394 e. The predicted octanol–water partition coefficient (Wildman–Crippen LogP) is 15.9. The minimum Gasteiger partial charge on any atom is -0.394 e. The van der Waals surface area contributed by atoms with E-state index in [1.165, 1.54) is 244 Å². The van der Waals surface area contributed by atoms with E-state index in [0.29, 0.717) is 6.42 Å². The molecule has 5 nitrogen and oxygen atoms in total. The molecule has 4 N–H and O–H groups in total. The van der Waals surface area contributed by atoms with Crippen molar-refractivity contribution in [2.45, 2.75) is 315 Å². The molecule has 0 spiro atoms. The van der Waals surface area contributed by atoms with Crippen molar-refractivity contribution in [1.82, 2.24) is 5.32 Å². The minimum atomic E-state index is -0.925. The van der Waals surface area contributed by atoms with Crippen LogP contribution in [0.5, 0.6) is 0 Å². The van der Waals surface area contributed by atoms with Crippen LogP contribution in [0.2, 0.25) is 0 Å². The van der Waals surface area contributed by atoms with Gasteiger partial charge in [0.25, 0.3) is 0 Å². The normalized spacial score (nSPS) is 13.4. The molecule has 0 heterocycles. The van der Waals surface area contributed by atoms with Crippen molar-refractivity contribution in [2.24, 2.45) is 0 Å². The van der Waals surface area contributed by atoms with Gasteiger partial charge in [0.2, 0.25) is 5.91 Å². The number of aliphatic hydroxyl groups is 3. The summed E-state index contributed by atoms with van der Waals surface area (Å²) in [6.07, 6.45) is 59.5. The average molecular weight is 820 g/mol. The summed E-state index contributed by atoms with van der Waals surface area (Å²) in [5.74, 6) is -0.309. The lowest BCUT2D eigenvalue weighted by Gasteiger charge is -2.21. The molecule has 3 unspecified atom stereocenters. The summed E-state index contributed by atoms with van der Waals surface area (Å²) in [5.41, 5.74) is 0. The standard InChI is InChI=1S/C53H105NO4/c1-3-5-7-9-11-13-15-17-19-21-23-25-27-29-31-33-35-37-39-41-43-45-47-52(57)51(49-55)54-53(58)48-50(56)46-44-42-40-38-36-34-32-30-28-26-24-22-20-18-16-14-12-10-8-6-4-2/h45,47,50-52,55-57H,3-44,46,48-49H2,1-2H3,(H,54,58)/b47-45+. The van der Waals surface area contributed by atoms with E-state index in [1.807, 2.05) is 6.08 Å². The molecule has 0 fully saturated rings. The number of aliphatic hydroxyl groups excluding tert-OH is 3. The number of rotatable bonds is 49. The van der Waals surface area contributed by atoms with E-state index in [-0.39, 0.29) is 18.9 Å². The van der Waals surface area contributed by atoms with Gasteiger partial charge in [-0.2, -0.15) is 0 Å². The van der Waals surface area contributed by atoms with Crippen molar-refractivity contribution in [3.05, 3.63) is 12.2 Å². The minimum absolute atomic E-state index is 0.0194. The molecule has 5 heteroatoms. The monoisotopic (exact) mass is 820 g/mol. The van der Waals surface area contributed by atoms with E-state index in [1.54, 1.807) is 6.08 Å². The zero-order valence-electron chi connectivity index (χ0n) is 39.5. The summed E-state index contributed by atoms with van der Waals surface area (Å²) in [6, 6.07) is -0.740. The highest BCUT2D eigenvalue weighted by molar-refractivity contribution is 5.76. The van der Waals surface area contributed by atoms with Gasteiger partial charge in [0.15, 0.2) is 0 Å². The topological polar surface area (TPSA) is 89.8 Å². The smallest absolute Gasteiger partial charge is 0.222 e. The zero-order chi connectivity index (χ0) is 42.3. The molecule has 346 valence electrons. The average Bonchev–Trinajstić information content (AvgIpc) is 3.22. The maximum Gasteiger partial charge on any atom is 0.222 e. The molecule has 0 bridgehead atoms. The third kappa shape index (κ3) is 44.6. The number of unbranched alkanes of at least 4 members (excludes halogenated alkanes) is 40. The van der Waals surface area contributed by atoms with E-state index in [2.05, 4.69) is 19.2 Å². The van der Waals surface area contributed by atoms with E-state index in [0.717, 1.165) is 25.7 Å². The number of hydrogen-bond acceptors (Lipinski definition) is 4. The first-order valence-corrected chi connectivity index (χ1v) is 26.5. The third-order valence-electron chi connectivity index (χ3n) is 12.6. The maximum absolute atomic E-state index is 12.5. The second-order valence-electron chi connectivity index (χ2n) is 18.5. The highest BCUT2D eigenvalue weighted by atomic mass is 16.3. The molecule has 0 aliphatic heterocycles. The number of hydrogen-bond donors (Lipinski definition) is 4. The first kappa shape index (κ1) is 57.1. The van der Waals surface area contributed by atoms with Crippen LogP contribution in [-0.4, -0.2) is 46.1 Å². The Kier molecular flexibility index (Phi) is 48.0. The third-order valence-corrected chi connectivity index (χ3v) is 12.6. The SMILES string of the molecule is CCCCCCCCCCCCCCCCCCCCCC/C=C/C(O)C(CO)NC(=O)CC(O)CCCCCCCCCCCCCCCCCCCCCCC. The molecule has 0 aliphatic rings. The molecular weight excluding hydrogens is 715 g/mol. The van der Waals surface area contributed by atoms with Gasteiger partial charge in [-0.15, -0.1) is 0 Å². The van der Waals surface area contributed by atoms with Gasteiger partial charge >= 0.3 is 0 Å². The van der Waals surface area contributed by atoms with Crippen molar-refractivity contribution < 1.29 is 20.1 Å². The highest BCUT2D eigenvalue weighted by Crippen LogP contribution is 2.18. The second-order valence-corrected chi connectivity index (χ2v) is 18.5. The molecule has 0 radical (unpaired) electrons. The second kappa shape index (κ2) is 48.8. The van der Waals surface area contributed by atoms with Crippen LogP contribution in [0.15, 0.2) is 12.2 Å². The van der Waals surface area contributed by atoms with Crippen molar-refractivity contribution >= 4 is 5.91 Å². The molecule has 1 amide bonds. The van der Waals surface area contributed by atoms with Crippen molar-refractivity contribution in [1.29, 1.82) is 0 Å². The number of nitrogens with one attached hydrogen (secondary N) is 1. The molecule has 58 heavy (non-hydrogen) atoms. The highest BCUT2D eigenvalue weighted by Gasteiger charge is 2.20. The van der Waals surface area contributed by atoms with Crippen LogP contribution in [0.4, 0.5) is 0 Å². The lowest BCUT2D eigenvalue weighted by atomic mass is 10.0. The van der Waals surface area contributed by atoms with Gasteiger partial charge in [-0.3, -0.25) is 4.79 Å². The van der Waals surface area contributed by atoms with Crippen LogP contribution in [0, 0.1) is 0 Å². The first-order chi connectivity index (χ1) is 28.5. The maximum atomic E-state index is 12.5. The van der Waals surface area contributed by atoms with Crippen LogP contribution in [0.3, 0.4) is 0 Å². The Balaban J connectivity index is 3.56. The number of allylic oxidation sites excluding steroid dienone is 1. The molecule has 0 aromatic carbocycles.